The lowest BCUT2D eigenvalue weighted by atomic mass is 10.3. The Hall–Kier alpha value is -1.31. The molecule has 108 valence electrons. The zero-order valence-corrected chi connectivity index (χ0v) is 11.7. The Balaban J connectivity index is 2.38. The molecule has 0 saturated heterocycles. The third-order valence-corrected chi connectivity index (χ3v) is 3.85. The summed E-state index contributed by atoms with van der Waals surface area (Å²) in [5, 5.41) is 9.29. The lowest BCUT2D eigenvalue weighted by Gasteiger charge is -2.11. The van der Waals surface area contributed by atoms with Gasteiger partial charge in [-0.2, -0.15) is 0 Å². The molecule has 6 nitrogen and oxygen atoms in total. The fraction of sp³-hybridized carbons (Fsp3) is 0.500. The van der Waals surface area contributed by atoms with Gasteiger partial charge in [0.15, 0.2) is 0 Å². The van der Waals surface area contributed by atoms with Gasteiger partial charge in [-0.1, -0.05) is 19.1 Å². The Morgan fingerprint density at radius 3 is 2.74 bits per heavy atom. The molecule has 1 rings (SSSR count). The van der Waals surface area contributed by atoms with E-state index in [0.717, 1.165) is 0 Å². The van der Waals surface area contributed by atoms with E-state index in [0.29, 0.717) is 17.9 Å². The first kappa shape index (κ1) is 15.7. The third-order valence-electron chi connectivity index (χ3n) is 2.54. The number of aliphatic hydroxyl groups is 1. The van der Waals surface area contributed by atoms with E-state index in [2.05, 4.69) is 4.72 Å². The fourth-order valence-corrected chi connectivity index (χ4v) is 2.21. The van der Waals surface area contributed by atoms with E-state index in [4.69, 9.17) is 10.5 Å². The van der Waals surface area contributed by atoms with Gasteiger partial charge >= 0.3 is 0 Å². The molecule has 0 spiro atoms. The Morgan fingerprint density at radius 1 is 1.42 bits per heavy atom. The van der Waals surface area contributed by atoms with Crippen LogP contribution in [0.3, 0.4) is 0 Å². The molecule has 0 bridgehead atoms. The van der Waals surface area contributed by atoms with Gasteiger partial charge in [-0.05, 0) is 18.6 Å². The molecule has 0 aliphatic carbocycles. The summed E-state index contributed by atoms with van der Waals surface area (Å²) in [6.45, 7) is 1.80. The second-order valence-corrected chi connectivity index (χ2v) is 6.04. The minimum absolute atomic E-state index is 0.00572. The summed E-state index contributed by atoms with van der Waals surface area (Å²) in [7, 11) is -3.45. The molecule has 7 heteroatoms. The number of ether oxygens (including phenoxy) is 1. The van der Waals surface area contributed by atoms with Gasteiger partial charge in [-0.15, -0.1) is 0 Å². The molecule has 0 aliphatic heterocycles. The molecule has 4 N–H and O–H groups in total. The van der Waals surface area contributed by atoms with Gasteiger partial charge in [0, 0.05) is 6.54 Å². The van der Waals surface area contributed by atoms with Crippen molar-refractivity contribution in [2.24, 2.45) is 0 Å². The Bertz CT molecular complexity index is 490. The lowest BCUT2D eigenvalue weighted by Crippen LogP contribution is -2.34. The van der Waals surface area contributed by atoms with Crippen molar-refractivity contribution in [1.82, 2.24) is 4.72 Å². The molecule has 0 aliphatic rings. The van der Waals surface area contributed by atoms with Crippen molar-refractivity contribution in [3.63, 3.8) is 0 Å². The highest BCUT2D eigenvalue weighted by atomic mass is 32.2. The van der Waals surface area contributed by atoms with Gasteiger partial charge in [0.05, 0.1) is 17.5 Å². The number of hydrogen-bond donors (Lipinski definition) is 3. The molecular weight excluding hydrogens is 268 g/mol. The van der Waals surface area contributed by atoms with Crippen molar-refractivity contribution in [1.29, 1.82) is 0 Å². The van der Waals surface area contributed by atoms with E-state index in [1.54, 1.807) is 31.2 Å². The molecule has 0 aromatic heterocycles. The Labute approximate surface area is 113 Å². The number of anilines is 1. The van der Waals surface area contributed by atoms with Crippen molar-refractivity contribution in [3.8, 4) is 5.75 Å². The monoisotopic (exact) mass is 288 g/mol. The smallest absolute Gasteiger partial charge is 0.215 e. The van der Waals surface area contributed by atoms with Crippen molar-refractivity contribution in [3.05, 3.63) is 24.3 Å². The molecular formula is C12H20N2O4S. The van der Waals surface area contributed by atoms with Crippen LogP contribution in [0.2, 0.25) is 0 Å². The predicted molar refractivity (Wildman–Crippen MR) is 74.4 cm³/mol. The van der Waals surface area contributed by atoms with Crippen molar-refractivity contribution < 1.29 is 18.3 Å². The van der Waals surface area contributed by atoms with Gasteiger partial charge < -0.3 is 15.6 Å². The predicted octanol–water partition coefficient (Wildman–Crippen LogP) is 0.338. The second-order valence-electron chi connectivity index (χ2n) is 4.12. The zero-order valence-electron chi connectivity index (χ0n) is 10.9. The van der Waals surface area contributed by atoms with Gasteiger partial charge in [0.25, 0.3) is 0 Å². The van der Waals surface area contributed by atoms with E-state index >= 15 is 0 Å². The quantitative estimate of drug-likeness (QED) is 0.599. The highest BCUT2D eigenvalue weighted by Gasteiger charge is 2.12. The number of aliphatic hydroxyl groups excluding tert-OH is 1. The number of nitrogen functional groups attached to an aromatic ring is 1. The fourth-order valence-electron chi connectivity index (χ4n) is 1.31. The average Bonchev–Trinajstić information content (AvgIpc) is 2.38. The van der Waals surface area contributed by atoms with Crippen LogP contribution >= 0.6 is 0 Å². The van der Waals surface area contributed by atoms with Crippen LogP contribution < -0.4 is 15.2 Å². The van der Waals surface area contributed by atoms with E-state index in [9.17, 15) is 13.5 Å². The number of hydrogen-bond acceptors (Lipinski definition) is 5. The average molecular weight is 288 g/mol. The molecule has 0 radical (unpaired) electrons. The molecule has 0 amide bonds. The van der Waals surface area contributed by atoms with Crippen molar-refractivity contribution in [2.45, 2.75) is 19.4 Å². The van der Waals surface area contributed by atoms with Crippen LogP contribution in [0, 0.1) is 0 Å². The SMILES string of the molecule is CCC(O)CNS(=O)(=O)CCOc1ccccc1N. The zero-order chi connectivity index (χ0) is 14.3. The van der Waals surface area contributed by atoms with Crippen LogP contribution in [0.15, 0.2) is 24.3 Å². The van der Waals surface area contributed by atoms with Crippen LogP contribution in [0.5, 0.6) is 5.75 Å². The number of nitrogens with one attached hydrogen (secondary N) is 1. The number of para-hydroxylation sites is 2. The van der Waals surface area contributed by atoms with Crippen LogP contribution in [-0.4, -0.2) is 38.5 Å². The minimum atomic E-state index is -3.45. The highest BCUT2D eigenvalue weighted by molar-refractivity contribution is 7.89. The Morgan fingerprint density at radius 2 is 2.11 bits per heavy atom. The molecule has 0 fully saturated rings. The normalized spacial score (nSPS) is 13.2. The number of benzene rings is 1. The number of sulfonamides is 1. The molecule has 1 atom stereocenters. The molecule has 1 aromatic carbocycles. The van der Waals surface area contributed by atoms with Crippen LogP contribution in [0.1, 0.15) is 13.3 Å². The third kappa shape index (κ3) is 5.91. The van der Waals surface area contributed by atoms with Crippen LogP contribution in [0.25, 0.3) is 0 Å². The summed E-state index contributed by atoms with van der Waals surface area (Å²) in [5.74, 6) is 0.281. The van der Waals surface area contributed by atoms with Gasteiger partial charge in [0.2, 0.25) is 10.0 Å². The van der Waals surface area contributed by atoms with Crippen molar-refractivity contribution >= 4 is 15.7 Å². The first-order valence-electron chi connectivity index (χ1n) is 6.07. The first-order valence-corrected chi connectivity index (χ1v) is 7.72. The van der Waals surface area contributed by atoms with Crippen LogP contribution in [0.4, 0.5) is 5.69 Å². The van der Waals surface area contributed by atoms with E-state index in [1.807, 2.05) is 0 Å². The Kier molecular flexibility index (Phi) is 6.07. The largest absolute Gasteiger partial charge is 0.490 e. The molecule has 0 heterocycles. The number of rotatable bonds is 8. The van der Waals surface area contributed by atoms with Crippen molar-refractivity contribution in [2.75, 3.05) is 24.6 Å². The van der Waals surface area contributed by atoms with Crippen LogP contribution in [-0.2, 0) is 10.0 Å². The summed E-state index contributed by atoms with van der Waals surface area (Å²) >= 11 is 0. The minimum Gasteiger partial charge on any atom is -0.490 e. The topological polar surface area (TPSA) is 102 Å². The second kappa shape index (κ2) is 7.32. The lowest BCUT2D eigenvalue weighted by molar-refractivity contribution is 0.174. The number of nitrogens with two attached hydrogens (primary N) is 1. The van der Waals surface area contributed by atoms with Gasteiger partial charge in [-0.3, -0.25) is 0 Å². The molecule has 19 heavy (non-hydrogen) atoms. The molecule has 1 unspecified atom stereocenters. The maximum Gasteiger partial charge on any atom is 0.215 e. The summed E-state index contributed by atoms with van der Waals surface area (Å²) in [5.41, 5.74) is 6.13. The van der Waals surface area contributed by atoms with E-state index < -0.39 is 16.1 Å². The molecule has 0 saturated carbocycles. The summed E-state index contributed by atoms with van der Waals surface area (Å²) in [6, 6.07) is 6.89. The molecule has 1 aromatic rings. The maximum atomic E-state index is 11.6. The summed E-state index contributed by atoms with van der Waals surface area (Å²) < 4.78 is 30.8. The highest BCUT2D eigenvalue weighted by Crippen LogP contribution is 2.19. The van der Waals surface area contributed by atoms with E-state index in [-0.39, 0.29) is 18.9 Å². The van der Waals surface area contributed by atoms with Gasteiger partial charge in [-0.25, -0.2) is 13.1 Å². The van der Waals surface area contributed by atoms with Gasteiger partial charge in [0.1, 0.15) is 12.4 Å². The first-order chi connectivity index (χ1) is 8.94. The summed E-state index contributed by atoms with van der Waals surface area (Å²) in [4.78, 5) is 0. The van der Waals surface area contributed by atoms with E-state index in [1.165, 1.54) is 0 Å². The summed E-state index contributed by atoms with van der Waals surface area (Å²) in [6.07, 6.45) is -0.167. The standard InChI is InChI=1S/C12H20N2O4S/c1-2-10(15)9-14-19(16,17)8-7-18-12-6-4-3-5-11(12)13/h3-6,10,14-15H,2,7-9,13H2,1H3. The maximum absolute atomic E-state index is 11.6.